The summed E-state index contributed by atoms with van der Waals surface area (Å²) in [6, 6.07) is 8.99. The first-order valence-electron chi connectivity index (χ1n) is 8.57. The number of benzene rings is 1. The minimum Gasteiger partial charge on any atom is -0.466 e. The maximum atomic E-state index is 12.3. The minimum atomic E-state index is -0.413. The van der Waals surface area contributed by atoms with Gasteiger partial charge in [0.05, 0.1) is 24.2 Å². The van der Waals surface area contributed by atoms with Crippen molar-refractivity contribution in [2.45, 2.75) is 26.2 Å². The Kier molecular flexibility index (Phi) is 5.41. The largest absolute Gasteiger partial charge is 0.466 e. The first-order chi connectivity index (χ1) is 12.6. The van der Waals surface area contributed by atoms with E-state index in [2.05, 4.69) is 4.98 Å². The zero-order valence-electron chi connectivity index (χ0n) is 14.6. The average Bonchev–Trinajstić information content (AvgIpc) is 2.88. The average molecular weight is 352 g/mol. The number of hydrogen-bond donors (Lipinski definition) is 0. The molecule has 0 atom stereocenters. The Hall–Kier alpha value is -3.02. The van der Waals surface area contributed by atoms with Crippen LogP contribution in [0, 0.1) is 6.92 Å². The van der Waals surface area contributed by atoms with Gasteiger partial charge in [0.25, 0.3) is 11.8 Å². The number of carbonyl (C=O) groups excluding carboxylic acids is 3. The number of imide groups is 1. The lowest BCUT2D eigenvalue weighted by atomic mass is 10.1. The quantitative estimate of drug-likeness (QED) is 0.435. The van der Waals surface area contributed by atoms with Gasteiger partial charge in [0.1, 0.15) is 0 Å². The van der Waals surface area contributed by atoms with Crippen molar-refractivity contribution in [3.63, 3.8) is 0 Å². The van der Waals surface area contributed by atoms with Gasteiger partial charge in [0, 0.05) is 18.9 Å². The summed E-state index contributed by atoms with van der Waals surface area (Å²) in [7, 11) is 0. The molecule has 3 rings (SSSR count). The monoisotopic (exact) mass is 352 g/mol. The Labute approximate surface area is 151 Å². The van der Waals surface area contributed by atoms with Gasteiger partial charge in [-0.3, -0.25) is 24.3 Å². The summed E-state index contributed by atoms with van der Waals surface area (Å²) in [4.78, 5) is 41.6. The van der Waals surface area contributed by atoms with Crippen LogP contribution in [-0.2, 0) is 16.0 Å². The lowest BCUT2D eigenvalue weighted by molar-refractivity contribution is -0.143. The van der Waals surface area contributed by atoms with Crippen molar-refractivity contribution >= 4 is 17.8 Å². The molecule has 6 heteroatoms. The summed E-state index contributed by atoms with van der Waals surface area (Å²) in [6.45, 7) is 2.20. The van der Waals surface area contributed by atoms with Crippen molar-refractivity contribution < 1.29 is 19.1 Å². The molecule has 1 aromatic heterocycles. The number of aryl methyl sites for hydroxylation is 2. The van der Waals surface area contributed by atoms with E-state index >= 15 is 0 Å². The van der Waals surface area contributed by atoms with Gasteiger partial charge in [0.2, 0.25) is 0 Å². The smallest absolute Gasteiger partial charge is 0.307 e. The van der Waals surface area contributed by atoms with E-state index in [0.717, 1.165) is 22.4 Å². The molecule has 0 fully saturated rings. The molecule has 0 saturated carbocycles. The predicted octanol–water partition coefficient (Wildman–Crippen LogP) is 2.55. The summed E-state index contributed by atoms with van der Waals surface area (Å²) in [6.07, 6.45) is 4.97. The third-order valence-corrected chi connectivity index (χ3v) is 4.26. The highest BCUT2D eigenvalue weighted by Gasteiger charge is 2.35. The van der Waals surface area contributed by atoms with Crippen LogP contribution in [-0.4, -0.2) is 40.8 Å². The molecule has 1 aliphatic rings. The third kappa shape index (κ3) is 3.96. The van der Waals surface area contributed by atoms with E-state index in [0.29, 0.717) is 24.2 Å². The first-order valence-corrected chi connectivity index (χ1v) is 8.57. The molecule has 2 aromatic rings. The number of rotatable bonds is 7. The van der Waals surface area contributed by atoms with E-state index in [1.54, 1.807) is 30.6 Å². The first kappa shape index (κ1) is 17.8. The fraction of sp³-hybridized carbons (Fsp3) is 0.300. The van der Waals surface area contributed by atoms with Crippen LogP contribution in [0.5, 0.6) is 0 Å². The topological polar surface area (TPSA) is 76.6 Å². The Bertz CT molecular complexity index is 833. The van der Waals surface area contributed by atoms with Crippen molar-refractivity contribution in [1.82, 2.24) is 9.88 Å². The van der Waals surface area contributed by atoms with Crippen LogP contribution in [0.15, 0.2) is 42.7 Å². The molecule has 2 amide bonds. The zero-order valence-corrected chi connectivity index (χ0v) is 14.6. The highest BCUT2D eigenvalue weighted by atomic mass is 16.5. The normalized spacial score (nSPS) is 13.0. The molecular weight excluding hydrogens is 332 g/mol. The number of hydrogen-bond acceptors (Lipinski definition) is 5. The van der Waals surface area contributed by atoms with Crippen molar-refractivity contribution in [3.8, 4) is 0 Å². The van der Waals surface area contributed by atoms with Crippen LogP contribution in [0.1, 0.15) is 44.7 Å². The molecule has 0 N–H and O–H groups in total. The predicted molar refractivity (Wildman–Crippen MR) is 94.7 cm³/mol. The van der Waals surface area contributed by atoms with Gasteiger partial charge in [0.15, 0.2) is 0 Å². The van der Waals surface area contributed by atoms with E-state index in [1.807, 2.05) is 19.1 Å². The lowest BCUT2D eigenvalue weighted by Crippen LogP contribution is -2.32. The Balaban J connectivity index is 1.43. The van der Waals surface area contributed by atoms with E-state index in [4.69, 9.17) is 4.74 Å². The second kappa shape index (κ2) is 7.91. The van der Waals surface area contributed by atoms with Crippen molar-refractivity contribution in [1.29, 1.82) is 0 Å². The molecule has 0 unspecified atom stereocenters. The fourth-order valence-electron chi connectivity index (χ4n) is 2.89. The molecular formula is C20H20N2O4. The van der Waals surface area contributed by atoms with Gasteiger partial charge in [-0.2, -0.15) is 0 Å². The Morgan fingerprint density at radius 2 is 1.96 bits per heavy atom. The summed E-state index contributed by atoms with van der Waals surface area (Å²) in [5.41, 5.74) is 2.80. The molecule has 0 bridgehead atoms. The van der Waals surface area contributed by atoms with Crippen LogP contribution in [0.3, 0.4) is 0 Å². The van der Waals surface area contributed by atoms with Gasteiger partial charge in [-0.05, 0) is 43.5 Å². The second-order valence-electron chi connectivity index (χ2n) is 6.25. The standard InChI is InChI=1S/C20H20N2O4/c1-14-6-7-16-17(12-14)20(25)22(19(16)24)10-8-18(23)26-11-3-5-15-4-2-9-21-13-15/h2,4,6-7,9,12-13H,3,5,8,10-11H2,1H3. The third-order valence-electron chi connectivity index (χ3n) is 4.26. The van der Waals surface area contributed by atoms with Crippen LogP contribution >= 0.6 is 0 Å². The maximum absolute atomic E-state index is 12.3. The number of esters is 1. The van der Waals surface area contributed by atoms with Crippen molar-refractivity contribution in [2.75, 3.05) is 13.2 Å². The van der Waals surface area contributed by atoms with Crippen molar-refractivity contribution in [2.24, 2.45) is 0 Å². The number of fused-ring (bicyclic) bond motifs is 1. The molecule has 1 aromatic carbocycles. The Morgan fingerprint density at radius 1 is 1.15 bits per heavy atom. The molecule has 26 heavy (non-hydrogen) atoms. The lowest BCUT2D eigenvalue weighted by Gasteiger charge is -2.13. The number of pyridine rings is 1. The Morgan fingerprint density at radius 3 is 2.73 bits per heavy atom. The molecule has 0 spiro atoms. The number of amides is 2. The van der Waals surface area contributed by atoms with Crippen LogP contribution in [0.25, 0.3) is 0 Å². The molecule has 134 valence electrons. The van der Waals surface area contributed by atoms with Crippen LogP contribution in [0.4, 0.5) is 0 Å². The number of carbonyl (C=O) groups is 3. The zero-order chi connectivity index (χ0) is 18.5. The molecule has 1 aliphatic heterocycles. The van der Waals surface area contributed by atoms with Crippen LogP contribution in [0.2, 0.25) is 0 Å². The van der Waals surface area contributed by atoms with Gasteiger partial charge in [-0.1, -0.05) is 17.7 Å². The summed E-state index contributed by atoms with van der Waals surface area (Å²) < 4.78 is 5.18. The number of ether oxygens (including phenoxy) is 1. The fourth-order valence-corrected chi connectivity index (χ4v) is 2.89. The second-order valence-corrected chi connectivity index (χ2v) is 6.25. The van der Waals surface area contributed by atoms with Gasteiger partial charge < -0.3 is 4.74 Å². The summed E-state index contributed by atoms with van der Waals surface area (Å²) >= 11 is 0. The molecule has 2 heterocycles. The van der Waals surface area contributed by atoms with Gasteiger partial charge in [-0.25, -0.2) is 0 Å². The molecule has 0 radical (unpaired) electrons. The molecule has 0 aliphatic carbocycles. The van der Waals surface area contributed by atoms with E-state index < -0.39 is 5.97 Å². The highest BCUT2D eigenvalue weighted by molar-refractivity contribution is 6.21. The SMILES string of the molecule is Cc1ccc2c(c1)C(=O)N(CCC(=O)OCCCc1cccnc1)C2=O. The van der Waals surface area contributed by atoms with E-state index in [-0.39, 0.29) is 24.8 Å². The van der Waals surface area contributed by atoms with E-state index in [9.17, 15) is 14.4 Å². The van der Waals surface area contributed by atoms with E-state index in [1.165, 1.54) is 0 Å². The summed E-state index contributed by atoms with van der Waals surface area (Å²) in [5.74, 6) is -1.11. The minimum absolute atomic E-state index is 0.00264. The maximum Gasteiger partial charge on any atom is 0.307 e. The molecule has 6 nitrogen and oxygen atoms in total. The van der Waals surface area contributed by atoms with Crippen molar-refractivity contribution in [3.05, 3.63) is 65.0 Å². The number of nitrogens with zero attached hydrogens (tertiary/aromatic N) is 2. The number of aromatic nitrogens is 1. The molecule has 0 saturated heterocycles. The van der Waals surface area contributed by atoms with Gasteiger partial charge in [-0.15, -0.1) is 0 Å². The van der Waals surface area contributed by atoms with Crippen LogP contribution < -0.4 is 0 Å². The van der Waals surface area contributed by atoms with Gasteiger partial charge >= 0.3 is 5.97 Å². The summed E-state index contributed by atoms with van der Waals surface area (Å²) in [5, 5.41) is 0. The highest BCUT2D eigenvalue weighted by Crippen LogP contribution is 2.24.